The Bertz CT molecular complexity index is 2310. The number of carbonyl (C=O) groups excluding carboxylic acids is 3. The summed E-state index contributed by atoms with van der Waals surface area (Å²) in [6.45, 7) is 8.17. The first-order valence-electron chi connectivity index (χ1n) is 26.9. The molecule has 8 N–H and O–H groups in total. The molecular formula is C53H80F3N10O11+. The van der Waals surface area contributed by atoms with Crippen LogP contribution in [0.5, 0.6) is 11.5 Å². The quantitative estimate of drug-likeness (QED) is 0.0365. The largest absolute Gasteiger partial charge is 0.573 e. The number of halogens is 3. The third-order valence-corrected chi connectivity index (χ3v) is 14.4. The van der Waals surface area contributed by atoms with Gasteiger partial charge in [0.25, 0.3) is 0 Å². The SMILES string of the molecule is C[C@H](C(=O)O)[C@H](c1ccc2c(c1)O[C@@H](C1CCN(Cc3cc(-n4cc(COCCOCCOCCOCC(=O)NCC[N+](C)(CCC(=O)NCCN)CCC(=O)NCCN)nn4)ccc3OC(F)(F)F)CC1)CC2)C1CC1. The number of likely N-dealkylation sites (tertiary alicyclic amines) is 1. The number of ether oxygens (including phenoxy) is 6. The molecule has 24 heteroatoms. The number of alkyl halides is 3. The van der Waals surface area contributed by atoms with Crippen molar-refractivity contribution >= 4 is 23.7 Å². The number of nitrogens with one attached hydrogen (secondary N) is 3. The molecule has 1 saturated carbocycles. The van der Waals surface area contributed by atoms with Gasteiger partial charge in [0.1, 0.15) is 29.9 Å². The van der Waals surface area contributed by atoms with E-state index in [1.54, 1.807) is 19.2 Å². The minimum Gasteiger partial charge on any atom is -0.490 e. The van der Waals surface area contributed by atoms with Crippen LogP contribution in [0.3, 0.4) is 0 Å². The number of nitrogens with zero attached hydrogens (tertiary/aromatic N) is 5. The zero-order valence-corrected chi connectivity index (χ0v) is 44.6. The van der Waals surface area contributed by atoms with Crippen LogP contribution < -0.4 is 36.9 Å². The van der Waals surface area contributed by atoms with Crippen LogP contribution in [-0.2, 0) is 57.7 Å². The molecule has 428 valence electrons. The van der Waals surface area contributed by atoms with Crippen LogP contribution in [0.2, 0.25) is 0 Å². The summed E-state index contributed by atoms with van der Waals surface area (Å²) in [5.74, 6) is -0.664. The van der Waals surface area contributed by atoms with Crippen molar-refractivity contribution < 1.29 is 70.4 Å². The normalized spacial score (nSPS) is 17.0. The Morgan fingerprint density at radius 1 is 0.818 bits per heavy atom. The van der Waals surface area contributed by atoms with Gasteiger partial charge >= 0.3 is 12.3 Å². The number of benzene rings is 2. The molecule has 3 heterocycles. The third-order valence-electron chi connectivity index (χ3n) is 14.4. The topological polar surface area (TPSA) is 266 Å². The first kappa shape index (κ1) is 60.8. The fraction of sp³-hybridized carbons (Fsp3) is 0.660. The lowest BCUT2D eigenvalue weighted by Gasteiger charge is -2.38. The molecule has 3 atom stereocenters. The Labute approximate surface area is 448 Å². The Kier molecular flexibility index (Phi) is 24.2. The number of carboxylic acids is 1. The van der Waals surface area contributed by atoms with Crippen LogP contribution in [0.15, 0.2) is 42.6 Å². The minimum atomic E-state index is -4.87. The van der Waals surface area contributed by atoms with Crippen molar-refractivity contribution in [1.82, 2.24) is 35.8 Å². The highest BCUT2D eigenvalue weighted by molar-refractivity contribution is 5.77. The zero-order valence-electron chi connectivity index (χ0n) is 44.6. The van der Waals surface area contributed by atoms with Gasteiger partial charge in [-0.15, -0.1) is 18.3 Å². The number of hydrogen-bond donors (Lipinski definition) is 6. The van der Waals surface area contributed by atoms with Crippen molar-refractivity contribution in [3.05, 3.63) is 65.0 Å². The molecule has 2 fully saturated rings. The molecule has 3 amide bonds. The maximum atomic E-state index is 13.6. The second-order valence-electron chi connectivity index (χ2n) is 20.4. The molecule has 3 aliphatic rings. The van der Waals surface area contributed by atoms with Crippen LogP contribution in [0, 0.1) is 17.8 Å². The second-order valence-corrected chi connectivity index (χ2v) is 20.4. The van der Waals surface area contributed by atoms with E-state index in [2.05, 4.69) is 54.1 Å². The van der Waals surface area contributed by atoms with Crippen molar-refractivity contribution in [2.75, 3.05) is 119 Å². The molecule has 2 aliphatic heterocycles. The molecular weight excluding hydrogens is 1010 g/mol. The van der Waals surface area contributed by atoms with E-state index in [0.29, 0.717) is 106 Å². The molecule has 3 aromatic rings. The molecule has 1 aromatic heterocycles. The second kappa shape index (κ2) is 30.6. The van der Waals surface area contributed by atoms with E-state index in [9.17, 15) is 37.5 Å². The van der Waals surface area contributed by atoms with Crippen molar-refractivity contribution in [2.24, 2.45) is 29.2 Å². The fourth-order valence-electron chi connectivity index (χ4n) is 9.89. The number of quaternary nitrogens is 1. The maximum absolute atomic E-state index is 13.6. The van der Waals surface area contributed by atoms with Crippen molar-refractivity contribution in [3.8, 4) is 17.2 Å². The number of aryl methyl sites for hydroxylation is 1. The fourth-order valence-corrected chi connectivity index (χ4v) is 9.89. The van der Waals surface area contributed by atoms with Gasteiger partial charge < -0.3 is 65.4 Å². The molecule has 0 unspecified atom stereocenters. The lowest BCUT2D eigenvalue weighted by atomic mass is 9.81. The van der Waals surface area contributed by atoms with Gasteiger partial charge in [-0.2, -0.15) is 0 Å². The lowest BCUT2D eigenvalue weighted by Crippen LogP contribution is -2.52. The third kappa shape index (κ3) is 20.7. The average Bonchev–Trinajstić information content (AvgIpc) is 4.14. The predicted octanol–water partition coefficient (Wildman–Crippen LogP) is 3.05. The van der Waals surface area contributed by atoms with Crippen molar-refractivity contribution in [3.63, 3.8) is 0 Å². The maximum Gasteiger partial charge on any atom is 0.573 e. The van der Waals surface area contributed by atoms with Crippen LogP contribution in [0.4, 0.5) is 13.2 Å². The molecule has 0 bridgehead atoms. The Morgan fingerprint density at radius 3 is 2.08 bits per heavy atom. The number of hydrogen-bond acceptors (Lipinski definition) is 15. The molecule has 1 aliphatic carbocycles. The summed E-state index contributed by atoms with van der Waals surface area (Å²) in [5, 5.41) is 26.5. The summed E-state index contributed by atoms with van der Waals surface area (Å²) in [4.78, 5) is 50.9. The monoisotopic (exact) mass is 1090 g/mol. The number of rotatable bonds is 35. The molecule has 21 nitrogen and oxygen atoms in total. The van der Waals surface area contributed by atoms with Crippen LogP contribution in [0.25, 0.3) is 5.69 Å². The number of aliphatic carboxylic acids is 1. The highest BCUT2D eigenvalue weighted by Crippen LogP contribution is 2.48. The van der Waals surface area contributed by atoms with Gasteiger partial charge in [-0.3, -0.25) is 24.1 Å². The van der Waals surface area contributed by atoms with Gasteiger partial charge in [-0.05, 0) is 105 Å². The van der Waals surface area contributed by atoms with Gasteiger partial charge in [0, 0.05) is 38.3 Å². The van der Waals surface area contributed by atoms with Gasteiger partial charge in [0.15, 0.2) is 0 Å². The van der Waals surface area contributed by atoms with Gasteiger partial charge in [0.05, 0.1) is 110 Å². The Hall–Kier alpha value is -5.47. The van der Waals surface area contributed by atoms with Gasteiger partial charge in [0.2, 0.25) is 17.7 Å². The Balaban J connectivity index is 0.849. The summed E-state index contributed by atoms with van der Waals surface area (Å²) in [5.41, 5.74) is 14.5. The lowest BCUT2D eigenvalue weighted by molar-refractivity contribution is -0.907. The zero-order chi connectivity index (χ0) is 55.2. The highest BCUT2D eigenvalue weighted by atomic mass is 19.4. The van der Waals surface area contributed by atoms with Gasteiger partial charge in [-0.1, -0.05) is 24.3 Å². The van der Waals surface area contributed by atoms with Crippen molar-refractivity contribution in [1.29, 1.82) is 0 Å². The number of fused-ring (bicyclic) bond motifs is 1. The van der Waals surface area contributed by atoms with E-state index in [-0.39, 0.29) is 100 Å². The number of carbonyl (C=O) groups is 4. The molecule has 0 spiro atoms. The molecule has 1 saturated heterocycles. The summed E-state index contributed by atoms with van der Waals surface area (Å²) in [7, 11) is 1.94. The first-order valence-corrected chi connectivity index (χ1v) is 26.9. The Morgan fingerprint density at radius 2 is 1.45 bits per heavy atom. The standard InChI is InChI=1S/C53H79F3N10O11/c1-37(52(70)71)51(40-4-5-40)41-6-3-38-7-9-45(76-47(38)32-41)39-11-20-64(21-12-39)33-42-31-44(8-10-46(42)77-53(54,55)56)65-34-43(62-63-65)35-74-29-27-72-25-26-73-28-30-75-36-50(69)61-19-24-66(2,22-13-48(67)59-17-15-57)23-14-49(68)60-18-16-58/h3,6,8,10,31-32,34,37,39-40,45,51H,4-5,7,9,11-30,33,35-36,57-58H2,1-2H3,(H3-,59,60,61,67,68,69,70,71)/p+1/t37-,45+,51-/m0/s1. The molecule has 2 aromatic carbocycles. The number of likely N-dealkylation sites (N-methyl/N-ethyl adjacent to an activating group) is 1. The first-order chi connectivity index (χ1) is 37.0. The number of piperidine rings is 1. The minimum absolute atomic E-state index is 0.000324. The summed E-state index contributed by atoms with van der Waals surface area (Å²) < 4.78 is 76.0. The number of amides is 3. The summed E-state index contributed by atoms with van der Waals surface area (Å²) >= 11 is 0. The van der Waals surface area contributed by atoms with Crippen LogP contribution >= 0.6 is 0 Å². The highest BCUT2D eigenvalue weighted by Gasteiger charge is 2.40. The molecule has 77 heavy (non-hydrogen) atoms. The van der Waals surface area contributed by atoms with E-state index < -0.39 is 18.2 Å². The number of nitrogens with two attached hydrogens (primary N) is 2. The van der Waals surface area contributed by atoms with Crippen molar-refractivity contribution in [2.45, 2.75) is 89.8 Å². The molecule has 0 radical (unpaired) electrons. The van der Waals surface area contributed by atoms with Gasteiger partial charge in [-0.25, -0.2) is 4.68 Å². The molecule has 6 rings (SSSR count). The van der Waals surface area contributed by atoms with E-state index in [1.165, 1.54) is 16.8 Å². The van der Waals surface area contributed by atoms with E-state index in [0.717, 1.165) is 55.4 Å². The van der Waals surface area contributed by atoms with Crippen LogP contribution in [-0.4, -0.2) is 184 Å². The summed E-state index contributed by atoms with van der Waals surface area (Å²) in [6.07, 6.45) is 2.73. The summed E-state index contributed by atoms with van der Waals surface area (Å²) in [6, 6.07) is 10.7. The predicted molar refractivity (Wildman–Crippen MR) is 277 cm³/mol. The van der Waals surface area contributed by atoms with E-state index >= 15 is 0 Å². The van der Waals surface area contributed by atoms with Crippen LogP contribution in [0.1, 0.15) is 80.2 Å². The van der Waals surface area contributed by atoms with E-state index in [1.807, 2.05) is 7.05 Å². The van der Waals surface area contributed by atoms with E-state index in [4.69, 9.17) is 35.2 Å². The number of aromatic nitrogens is 3. The smallest absolute Gasteiger partial charge is 0.490 e. The average molecular weight is 1090 g/mol. The number of carboxylic acid groups (broad SMARTS) is 1.